The van der Waals surface area contributed by atoms with Crippen LogP contribution in [0.15, 0.2) is 18.2 Å². The maximum atomic E-state index is 10.5. The van der Waals surface area contributed by atoms with E-state index in [2.05, 4.69) is 26.1 Å². The van der Waals surface area contributed by atoms with Crippen molar-refractivity contribution in [3.63, 3.8) is 0 Å². The molecule has 0 aromatic heterocycles. The molecule has 18 heavy (non-hydrogen) atoms. The Bertz CT molecular complexity index is 407. The zero-order valence-corrected chi connectivity index (χ0v) is 12.7. The Kier molecular flexibility index (Phi) is 4.82. The highest BCUT2D eigenvalue weighted by molar-refractivity contribution is 6.31. The van der Waals surface area contributed by atoms with Crippen LogP contribution in [0.5, 0.6) is 0 Å². The fraction of sp³-hybridized carbons (Fsp3) is 0.600. The number of benzene rings is 1. The van der Waals surface area contributed by atoms with Crippen LogP contribution in [0.1, 0.15) is 45.2 Å². The second kappa shape index (κ2) is 5.60. The quantitative estimate of drug-likeness (QED) is 0.875. The van der Waals surface area contributed by atoms with E-state index in [-0.39, 0.29) is 5.54 Å². The standard InChI is InChI=1S/C15H24ClNO/c1-11-6-7-12(10-13(11)16)15(5,18)8-9-17-14(2,3)4/h6-7,10,17-18H,8-9H2,1-5H3. The number of halogens is 1. The van der Waals surface area contributed by atoms with Crippen LogP contribution in [0.25, 0.3) is 0 Å². The molecule has 2 nitrogen and oxygen atoms in total. The monoisotopic (exact) mass is 269 g/mol. The van der Waals surface area contributed by atoms with Gasteiger partial charge in [-0.15, -0.1) is 0 Å². The molecule has 0 spiro atoms. The molecule has 0 heterocycles. The lowest BCUT2D eigenvalue weighted by molar-refractivity contribution is 0.0464. The highest BCUT2D eigenvalue weighted by Crippen LogP contribution is 2.28. The predicted molar refractivity (Wildman–Crippen MR) is 78.1 cm³/mol. The van der Waals surface area contributed by atoms with Gasteiger partial charge in [0, 0.05) is 10.6 Å². The van der Waals surface area contributed by atoms with Crippen LogP contribution in [-0.2, 0) is 5.60 Å². The molecule has 1 aromatic rings. The van der Waals surface area contributed by atoms with Crippen LogP contribution in [0.3, 0.4) is 0 Å². The molecule has 102 valence electrons. The van der Waals surface area contributed by atoms with E-state index in [1.165, 1.54) is 0 Å². The van der Waals surface area contributed by atoms with Gasteiger partial charge in [-0.05, 0) is 64.8 Å². The van der Waals surface area contributed by atoms with Crippen molar-refractivity contribution in [3.8, 4) is 0 Å². The summed E-state index contributed by atoms with van der Waals surface area (Å²) in [5.74, 6) is 0. The fourth-order valence-corrected chi connectivity index (χ4v) is 1.93. The maximum Gasteiger partial charge on any atom is 0.0881 e. The topological polar surface area (TPSA) is 32.3 Å². The number of aliphatic hydroxyl groups is 1. The summed E-state index contributed by atoms with van der Waals surface area (Å²) >= 11 is 6.10. The third kappa shape index (κ3) is 4.60. The fourth-order valence-electron chi connectivity index (χ4n) is 1.75. The SMILES string of the molecule is Cc1ccc(C(C)(O)CCNC(C)(C)C)cc1Cl. The Hall–Kier alpha value is -0.570. The van der Waals surface area contributed by atoms with Gasteiger partial charge in [0.2, 0.25) is 0 Å². The summed E-state index contributed by atoms with van der Waals surface area (Å²) in [7, 11) is 0. The average Bonchev–Trinajstić information content (AvgIpc) is 2.19. The highest BCUT2D eigenvalue weighted by Gasteiger charge is 2.24. The summed E-state index contributed by atoms with van der Waals surface area (Å²) in [5.41, 5.74) is 1.12. The third-order valence-corrected chi connectivity index (χ3v) is 3.47. The Labute approximate surface area is 115 Å². The van der Waals surface area contributed by atoms with E-state index >= 15 is 0 Å². The summed E-state index contributed by atoms with van der Waals surface area (Å²) in [6.45, 7) is 10.9. The first-order chi connectivity index (χ1) is 8.12. The molecule has 1 rings (SSSR count). The Morgan fingerprint density at radius 2 is 1.83 bits per heavy atom. The van der Waals surface area contributed by atoms with Crippen molar-refractivity contribution in [3.05, 3.63) is 34.3 Å². The summed E-state index contributed by atoms with van der Waals surface area (Å²) in [4.78, 5) is 0. The molecule has 0 aliphatic heterocycles. The van der Waals surface area contributed by atoms with Gasteiger partial charge < -0.3 is 10.4 Å². The van der Waals surface area contributed by atoms with Crippen LogP contribution in [0.4, 0.5) is 0 Å². The molecule has 3 heteroatoms. The van der Waals surface area contributed by atoms with Gasteiger partial charge in [0.25, 0.3) is 0 Å². The molecular formula is C15H24ClNO. The van der Waals surface area contributed by atoms with Gasteiger partial charge in [0.05, 0.1) is 5.60 Å². The van der Waals surface area contributed by atoms with E-state index in [4.69, 9.17) is 11.6 Å². The van der Waals surface area contributed by atoms with Gasteiger partial charge in [-0.3, -0.25) is 0 Å². The smallest absolute Gasteiger partial charge is 0.0881 e. The highest BCUT2D eigenvalue weighted by atomic mass is 35.5. The second-order valence-corrected chi connectivity index (χ2v) is 6.57. The molecule has 0 radical (unpaired) electrons. The van der Waals surface area contributed by atoms with Crippen LogP contribution in [0, 0.1) is 6.92 Å². The first-order valence-electron chi connectivity index (χ1n) is 6.36. The Morgan fingerprint density at radius 1 is 1.22 bits per heavy atom. The van der Waals surface area contributed by atoms with Crippen LogP contribution >= 0.6 is 11.6 Å². The summed E-state index contributed by atoms with van der Waals surface area (Å²) in [5, 5.41) is 14.6. The molecule has 1 atom stereocenters. The lowest BCUT2D eigenvalue weighted by atomic mass is 9.91. The van der Waals surface area contributed by atoms with Gasteiger partial charge in [-0.25, -0.2) is 0 Å². The second-order valence-electron chi connectivity index (χ2n) is 6.16. The maximum absolute atomic E-state index is 10.5. The molecule has 0 aliphatic rings. The summed E-state index contributed by atoms with van der Waals surface area (Å²) in [6.07, 6.45) is 0.656. The lowest BCUT2D eigenvalue weighted by Crippen LogP contribution is -2.39. The molecule has 0 bridgehead atoms. The van der Waals surface area contributed by atoms with Gasteiger partial charge in [-0.2, -0.15) is 0 Å². The van der Waals surface area contributed by atoms with Crippen molar-refractivity contribution >= 4 is 11.6 Å². The number of aryl methyl sites for hydroxylation is 1. The van der Waals surface area contributed by atoms with Crippen LogP contribution < -0.4 is 5.32 Å². The van der Waals surface area contributed by atoms with Crippen molar-refractivity contribution in [2.24, 2.45) is 0 Å². The first-order valence-corrected chi connectivity index (χ1v) is 6.74. The number of hydrogen-bond donors (Lipinski definition) is 2. The third-order valence-electron chi connectivity index (χ3n) is 3.06. The van der Waals surface area contributed by atoms with Gasteiger partial charge in [0.15, 0.2) is 0 Å². The van der Waals surface area contributed by atoms with Gasteiger partial charge in [-0.1, -0.05) is 23.7 Å². The zero-order chi connectivity index (χ0) is 14.0. The van der Waals surface area contributed by atoms with Gasteiger partial charge >= 0.3 is 0 Å². The molecule has 0 saturated carbocycles. The van der Waals surface area contributed by atoms with E-state index in [9.17, 15) is 5.11 Å². The van der Waals surface area contributed by atoms with Crippen molar-refractivity contribution in [1.29, 1.82) is 0 Å². The molecule has 0 saturated heterocycles. The lowest BCUT2D eigenvalue weighted by Gasteiger charge is -2.27. The van der Waals surface area contributed by atoms with Crippen molar-refractivity contribution in [1.82, 2.24) is 5.32 Å². The van der Waals surface area contributed by atoms with E-state index in [0.29, 0.717) is 11.4 Å². The minimum Gasteiger partial charge on any atom is -0.385 e. The van der Waals surface area contributed by atoms with Gasteiger partial charge in [0.1, 0.15) is 0 Å². The molecular weight excluding hydrogens is 246 g/mol. The Balaban J connectivity index is 2.70. The number of nitrogens with one attached hydrogen (secondary N) is 1. The molecule has 0 fully saturated rings. The minimum absolute atomic E-state index is 0.0704. The molecule has 0 aliphatic carbocycles. The molecule has 2 N–H and O–H groups in total. The largest absolute Gasteiger partial charge is 0.385 e. The van der Waals surface area contributed by atoms with E-state index < -0.39 is 5.60 Å². The zero-order valence-electron chi connectivity index (χ0n) is 12.0. The number of hydrogen-bond acceptors (Lipinski definition) is 2. The molecule has 1 aromatic carbocycles. The van der Waals surface area contributed by atoms with E-state index in [1.54, 1.807) is 0 Å². The minimum atomic E-state index is -0.852. The first kappa shape index (κ1) is 15.5. The Morgan fingerprint density at radius 3 is 2.33 bits per heavy atom. The molecule has 1 unspecified atom stereocenters. The van der Waals surface area contributed by atoms with Crippen LogP contribution in [0.2, 0.25) is 5.02 Å². The van der Waals surface area contributed by atoms with Crippen molar-refractivity contribution in [2.75, 3.05) is 6.54 Å². The van der Waals surface area contributed by atoms with Crippen molar-refractivity contribution in [2.45, 2.75) is 52.2 Å². The van der Waals surface area contributed by atoms with Crippen molar-refractivity contribution < 1.29 is 5.11 Å². The van der Waals surface area contributed by atoms with E-state index in [0.717, 1.165) is 17.7 Å². The number of rotatable bonds is 4. The van der Waals surface area contributed by atoms with E-state index in [1.807, 2.05) is 32.0 Å². The predicted octanol–water partition coefficient (Wildman–Crippen LogP) is 3.63. The summed E-state index contributed by atoms with van der Waals surface area (Å²) < 4.78 is 0. The normalized spacial score (nSPS) is 15.5. The molecule has 0 amide bonds. The summed E-state index contributed by atoms with van der Waals surface area (Å²) in [6, 6.07) is 5.75. The van der Waals surface area contributed by atoms with Crippen LogP contribution in [-0.4, -0.2) is 17.2 Å². The average molecular weight is 270 g/mol.